The van der Waals surface area contributed by atoms with Gasteiger partial charge in [-0.1, -0.05) is 20.8 Å². The van der Waals surface area contributed by atoms with Gasteiger partial charge < -0.3 is 18.3 Å². The number of nitrogens with zero attached hydrogens (tertiary/aromatic N) is 2. The van der Waals surface area contributed by atoms with Crippen LogP contribution in [0.1, 0.15) is 48.9 Å². The predicted octanol–water partition coefficient (Wildman–Crippen LogP) is 3.97. The van der Waals surface area contributed by atoms with E-state index in [1.165, 1.54) is 7.11 Å². The first kappa shape index (κ1) is 20.0. The third-order valence-electron chi connectivity index (χ3n) is 5.81. The standard InChI is InChI=1S/C20H30N2O4Si/c1-20(2,3)27(5,6)26-13-16-17(11-15-9-10-25-15)22-12-14(19(23)24-4)7-8-18(22)21-16/h7-8,12,15H,9-11,13H2,1-6H3. The van der Waals surface area contributed by atoms with Crippen molar-refractivity contribution in [1.29, 1.82) is 0 Å². The lowest BCUT2D eigenvalue weighted by atomic mass is 10.1. The van der Waals surface area contributed by atoms with Gasteiger partial charge in [0.1, 0.15) is 5.65 Å². The van der Waals surface area contributed by atoms with Crippen molar-refractivity contribution >= 4 is 19.9 Å². The number of aromatic nitrogens is 2. The van der Waals surface area contributed by atoms with Crippen LogP contribution in [0.3, 0.4) is 0 Å². The Morgan fingerprint density at radius 3 is 2.63 bits per heavy atom. The maximum Gasteiger partial charge on any atom is 0.339 e. The van der Waals surface area contributed by atoms with Gasteiger partial charge in [-0.3, -0.25) is 0 Å². The first-order chi connectivity index (χ1) is 12.6. The molecule has 0 spiro atoms. The van der Waals surface area contributed by atoms with E-state index in [-0.39, 0.29) is 17.1 Å². The molecule has 0 radical (unpaired) electrons. The monoisotopic (exact) mass is 390 g/mol. The zero-order chi connectivity index (χ0) is 19.8. The molecule has 0 N–H and O–H groups in total. The fraction of sp³-hybridized carbons (Fsp3) is 0.600. The van der Waals surface area contributed by atoms with Gasteiger partial charge in [0.2, 0.25) is 0 Å². The number of carbonyl (C=O) groups excluding carboxylic acids is 1. The number of fused-ring (bicyclic) bond motifs is 1. The lowest BCUT2D eigenvalue weighted by Gasteiger charge is -2.36. The van der Waals surface area contributed by atoms with Crippen molar-refractivity contribution in [1.82, 2.24) is 9.38 Å². The van der Waals surface area contributed by atoms with Gasteiger partial charge in [-0.05, 0) is 36.7 Å². The minimum atomic E-state index is -1.88. The van der Waals surface area contributed by atoms with Crippen LogP contribution in [0, 0.1) is 0 Å². The molecule has 2 aromatic heterocycles. The molecule has 0 aromatic carbocycles. The summed E-state index contributed by atoms with van der Waals surface area (Å²) in [6.07, 6.45) is 3.82. The third kappa shape index (κ3) is 4.10. The van der Waals surface area contributed by atoms with Crippen LogP contribution in [0.5, 0.6) is 0 Å². The Morgan fingerprint density at radius 1 is 1.37 bits per heavy atom. The smallest absolute Gasteiger partial charge is 0.339 e. The number of carbonyl (C=O) groups is 1. The molecule has 1 fully saturated rings. The Labute approximate surface area is 162 Å². The molecule has 0 aliphatic carbocycles. The quantitative estimate of drug-likeness (QED) is 0.552. The summed E-state index contributed by atoms with van der Waals surface area (Å²) in [6, 6.07) is 3.60. The third-order valence-corrected chi connectivity index (χ3v) is 10.3. The normalized spacial score (nSPS) is 17.8. The van der Waals surface area contributed by atoms with Gasteiger partial charge in [-0.2, -0.15) is 0 Å². The molecule has 1 aliphatic heterocycles. The summed E-state index contributed by atoms with van der Waals surface area (Å²) in [4.78, 5) is 16.7. The topological polar surface area (TPSA) is 62.1 Å². The molecule has 148 valence electrons. The molecule has 6 nitrogen and oxygen atoms in total. The van der Waals surface area contributed by atoms with Crippen LogP contribution in [0.4, 0.5) is 0 Å². The molecular weight excluding hydrogens is 360 g/mol. The van der Waals surface area contributed by atoms with Gasteiger partial charge in [-0.15, -0.1) is 0 Å². The number of hydrogen-bond donors (Lipinski definition) is 0. The number of ether oxygens (including phenoxy) is 2. The van der Waals surface area contributed by atoms with Crippen LogP contribution in [0.25, 0.3) is 5.65 Å². The summed E-state index contributed by atoms with van der Waals surface area (Å²) in [6.45, 7) is 12.5. The first-order valence-corrected chi connectivity index (χ1v) is 12.4. The fourth-order valence-electron chi connectivity index (χ4n) is 2.84. The molecule has 1 unspecified atom stereocenters. The maximum atomic E-state index is 11.9. The second-order valence-corrected chi connectivity index (χ2v) is 13.5. The summed E-state index contributed by atoms with van der Waals surface area (Å²) in [5.41, 5.74) is 3.30. The largest absolute Gasteiger partial charge is 0.465 e. The van der Waals surface area contributed by atoms with E-state index in [9.17, 15) is 4.79 Å². The van der Waals surface area contributed by atoms with Crippen molar-refractivity contribution in [2.45, 2.75) is 64.5 Å². The summed E-state index contributed by atoms with van der Waals surface area (Å²) < 4.78 is 18.9. The van der Waals surface area contributed by atoms with Crippen molar-refractivity contribution in [2.24, 2.45) is 0 Å². The SMILES string of the molecule is COC(=O)c1ccc2nc(CO[Si](C)(C)C(C)(C)C)c(CC3CCO3)n2c1. The zero-order valence-electron chi connectivity index (χ0n) is 17.2. The number of esters is 1. The van der Waals surface area contributed by atoms with Crippen LogP contribution in [0.2, 0.25) is 18.1 Å². The highest BCUT2D eigenvalue weighted by molar-refractivity contribution is 6.74. The molecule has 1 aliphatic rings. The van der Waals surface area contributed by atoms with Gasteiger partial charge in [0.05, 0.1) is 36.8 Å². The number of rotatable bonds is 6. The summed E-state index contributed by atoms with van der Waals surface area (Å²) in [5, 5.41) is 0.140. The van der Waals surface area contributed by atoms with Crippen molar-refractivity contribution < 1.29 is 18.7 Å². The molecule has 3 rings (SSSR count). The van der Waals surface area contributed by atoms with E-state index in [0.717, 1.165) is 36.5 Å². The van der Waals surface area contributed by atoms with Gasteiger partial charge in [0, 0.05) is 19.2 Å². The molecular formula is C20H30N2O4Si. The van der Waals surface area contributed by atoms with Gasteiger partial charge >= 0.3 is 5.97 Å². The molecule has 2 aromatic rings. The average Bonchev–Trinajstić information content (AvgIpc) is 2.91. The second kappa shape index (κ2) is 7.37. The van der Waals surface area contributed by atoms with Crippen LogP contribution in [-0.4, -0.2) is 43.5 Å². The van der Waals surface area contributed by atoms with E-state index < -0.39 is 8.32 Å². The van der Waals surface area contributed by atoms with Crippen molar-refractivity contribution in [3.05, 3.63) is 35.3 Å². The number of pyridine rings is 1. The fourth-order valence-corrected chi connectivity index (χ4v) is 3.77. The Kier molecular flexibility index (Phi) is 5.47. The number of imidazole rings is 1. The summed E-state index contributed by atoms with van der Waals surface area (Å²) in [7, 11) is -0.492. The van der Waals surface area contributed by atoms with Crippen LogP contribution in [-0.2, 0) is 26.9 Å². The summed E-state index contributed by atoms with van der Waals surface area (Å²) in [5.74, 6) is -0.351. The maximum absolute atomic E-state index is 11.9. The first-order valence-electron chi connectivity index (χ1n) is 9.46. The Balaban J connectivity index is 1.95. The van der Waals surface area contributed by atoms with E-state index in [1.54, 1.807) is 12.3 Å². The van der Waals surface area contributed by atoms with Crippen molar-refractivity contribution in [3.63, 3.8) is 0 Å². The second-order valence-electron chi connectivity index (χ2n) is 8.68. The highest BCUT2D eigenvalue weighted by Gasteiger charge is 2.37. The Bertz CT molecular complexity index is 834. The Hall–Kier alpha value is -1.70. The van der Waals surface area contributed by atoms with Gasteiger partial charge in [0.15, 0.2) is 8.32 Å². The van der Waals surface area contributed by atoms with E-state index in [2.05, 4.69) is 33.9 Å². The van der Waals surface area contributed by atoms with Crippen molar-refractivity contribution in [2.75, 3.05) is 13.7 Å². The molecule has 0 amide bonds. The lowest BCUT2D eigenvalue weighted by molar-refractivity contribution is -0.0499. The molecule has 7 heteroatoms. The summed E-state index contributed by atoms with van der Waals surface area (Å²) >= 11 is 0. The van der Waals surface area contributed by atoms with Crippen LogP contribution >= 0.6 is 0 Å². The van der Waals surface area contributed by atoms with E-state index >= 15 is 0 Å². The average molecular weight is 391 g/mol. The molecule has 3 heterocycles. The molecule has 0 bridgehead atoms. The number of methoxy groups -OCH3 is 1. The lowest BCUT2D eigenvalue weighted by Crippen LogP contribution is -2.40. The highest BCUT2D eigenvalue weighted by atomic mass is 28.4. The highest BCUT2D eigenvalue weighted by Crippen LogP contribution is 2.37. The van der Waals surface area contributed by atoms with Gasteiger partial charge in [0.25, 0.3) is 0 Å². The van der Waals surface area contributed by atoms with E-state index in [1.807, 2.05) is 10.5 Å². The van der Waals surface area contributed by atoms with Crippen LogP contribution < -0.4 is 0 Å². The number of hydrogen-bond acceptors (Lipinski definition) is 5. The van der Waals surface area contributed by atoms with E-state index in [4.69, 9.17) is 18.9 Å². The minimum Gasteiger partial charge on any atom is -0.465 e. The minimum absolute atomic E-state index is 0.140. The predicted molar refractivity (Wildman–Crippen MR) is 107 cm³/mol. The molecule has 0 saturated carbocycles. The molecule has 1 atom stereocenters. The van der Waals surface area contributed by atoms with Crippen LogP contribution in [0.15, 0.2) is 18.3 Å². The van der Waals surface area contributed by atoms with Crippen molar-refractivity contribution in [3.8, 4) is 0 Å². The molecule has 27 heavy (non-hydrogen) atoms. The van der Waals surface area contributed by atoms with E-state index in [0.29, 0.717) is 12.2 Å². The molecule has 1 saturated heterocycles. The van der Waals surface area contributed by atoms with Gasteiger partial charge in [-0.25, -0.2) is 9.78 Å². The zero-order valence-corrected chi connectivity index (χ0v) is 18.2. The Morgan fingerprint density at radius 2 is 2.07 bits per heavy atom.